The Balaban J connectivity index is 2.53. The van der Waals surface area contributed by atoms with Crippen LogP contribution in [0.25, 0.3) is 0 Å². The molecular weight excluding hydrogens is 196 g/mol. The Morgan fingerprint density at radius 1 is 1.47 bits per heavy atom. The van der Waals surface area contributed by atoms with Crippen LogP contribution in [-0.2, 0) is 9.59 Å². The smallest absolute Gasteiger partial charge is 0.305 e. The molecule has 1 amide bonds. The maximum atomic E-state index is 11.6. The normalized spacial score (nSPS) is 20.1. The highest BCUT2D eigenvalue weighted by Crippen LogP contribution is 2.34. The molecule has 0 aromatic carbocycles. The molecular formula is C10H18N2O3. The van der Waals surface area contributed by atoms with Crippen molar-refractivity contribution in [2.45, 2.75) is 44.2 Å². The number of carboxylic acids is 1. The van der Waals surface area contributed by atoms with Crippen LogP contribution in [0.5, 0.6) is 0 Å². The molecule has 86 valence electrons. The van der Waals surface area contributed by atoms with Gasteiger partial charge in [-0.05, 0) is 33.2 Å². The van der Waals surface area contributed by atoms with Crippen molar-refractivity contribution in [3.63, 3.8) is 0 Å². The minimum Gasteiger partial charge on any atom is -0.481 e. The first-order valence-electron chi connectivity index (χ1n) is 5.20. The summed E-state index contributed by atoms with van der Waals surface area (Å²) in [6, 6.07) is -0.281. The van der Waals surface area contributed by atoms with E-state index < -0.39 is 11.5 Å². The quantitative estimate of drug-likeness (QED) is 0.607. The predicted molar refractivity (Wildman–Crippen MR) is 55.5 cm³/mol. The molecule has 1 atom stereocenters. The van der Waals surface area contributed by atoms with E-state index in [1.807, 2.05) is 0 Å². The summed E-state index contributed by atoms with van der Waals surface area (Å²) in [4.78, 5) is 22.3. The standard InChI is InChI=1S/C10H18N2O3/c1-7(11-2)9(15)12-10(4-3-5-10)6-8(13)14/h7,11H,3-6H2,1-2H3,(H,12,15)(H,13,14). The van der Waals surface area contributed by atoms with E-state index in [9.17, 15) is 9.59 Å². The van der Waals surface area contributed by atoms with Gasteiger partial charge in [-0.25, -0.2) is 0 Å². The molecule has 1 aliphatic rings. The molecule has 0 bridgehead atoms. The molecule has 0 heterocycles. The Morgan fingerprint density at radius 3 is 2.40 bits per heavy atom. The van der Waals surface area contributed by atoms with Gasteiger partial charge in [0.25, 0.3) is 0 Å². The summed E-state index contributed by atoms with van der Waals surface area (Å²) >= 11 is 0. The molecule has 1 aliphatic carbocycles. The fraction of sp³-hybridized carbons (Fsp3) is 0.800. The van der Waals surface area contributed by atoms with E-state index in [2.05, 4.69) is 10.6 Å². The number of aliphatic carboxylic acids is 1. The molecule has 0 aliphatic heterocycles. The largest absolute Gasteiger partial charge is 0.481 e. The zero-order valence-electron chi connectivity index (χ0n) is 9.17. The van der Waals surface area contributed by atoms with E-state index in [1.54, 1.807) is 14.0 Å². The number of hydrogen-bond acceptors (Lipinski definition) is 3. The summed E-state index contributed by atoms with van der Waals surface area (Å²) in [6.07, 6.45) is 2.54. The molecule has 0 aromatic heterocycles. The van der Waals surface area contributed by atoms with Gasteiger partial charge in [-0.1, -0.05) is 0 Å². The van der Waals surface area contributed by atoms with Crippen molar-refractivity contribution in [1.29, 1.82) is 0 Å². The topological polar surface area (TPSA) is 78.4 Å². The van der Waals surface area contributed by atoms with Gasteiger partial charge in [0.05, 0.1) is 18.0 Å². The van der Waals surface area contributed by atoms with Crippen LogP contribution in [0.4, 0.5) is 0 Å². The molecule has 1 unspecified atom stereocenters. The fourth-order valence-electron chi connectivity index (χ4n) is 1.74. The Labute approximate surface area is 89.2 Å². The average molecular weight is 214 g/mol. The second-order valence-corrected chi connectivity index (χ2v) is 4.20. The van der Waals surface area contributed by atoms with Crippen LogP contribution in [0, 0.1) is 0 Å². The van der Waals surface area contributed by atoms with Crippen LogP contribution in [0.3, 0.4) is 0 Å². The monoisotopic (exact) mass is 214 g/mol. The van der Waals surface area contributed by atoms with E-state index in [1.165, 1.54) is 0 Å². The summed E-state index contributed by atoms with van der Waals surface area (Å²) in [5.74, 6) is -0.981. The third-order valence-electron chi connectivity index (χ3n) is 3.01. The summed E-state index contributed by atoms with van der Waals surface area (Å²) in [7, 11) is 1.70. The van der Waals surface area contributed by atoms with Gasteiger partial charge in [0.15, 0.2) is 0 Å². The molecule has 3 N–H and O–H groups in total. The third kappa shape index (κ3) is 2.92. The lowest BCUT2D eigenvalue weighted by atomic mass is 9.74. The highest BCUT2D eigenvalue weighted by molar-refractivity contribution is 5.83. The van der Waals surface area contributed by atoms with Crippen LogP contribution < -0.4 is 10.6 Å². The van der Waals surface area contributed by atoms with E-state index in [4.69, 9.17) is 5.11 Å². The van der Waals surface area contributed by atoms with Gasteiger partial charge < -0.3 is 15.7 Å². The number of carboxylic acid groups (broad SMARTS) is 1. The maximum absolute atomic E-state index is 11.6. The van der Waals surface area contributed by atoms with Gasteiger partial charge in [-0.2, -0.15) is 0 Å². The van der Waals surface area contributed by atoms with Gasteiger partial charge in [0, 0.05) is 0 Å². The lowest BCUT2D eigenvalue weighted by Crippen LogP contribution is -2.58. The minimum atomic E-state index is -0.855. The lowest BCUT2D eigenvalue weighted by Gasteiger charge is -2.42. The van der Waals surface area contributed by atoms with Crippen molar-refractivity contribution >= 4 is 11.9 Å². The van der Waals surface area contributed by atoms with E-state index in [0.717, 1.165) is 19.3 Å². The van der Waals surface area contributed by atoms with Crippen molar-refractivity contribution in [2.24, 2.45) is 0 Å². The number of hydrogen-bond donors (Lipinski definition) is 3. The summed E-state index contributed by atoms with van der Waals surface area (Å²) in [6.45, 7) is 1.75. The first kappa shape index (κ1) is 12.0. The Bertz CT molecular complexity index is 261. The van der Waals surface area contributed by atoms with Gasteiger partial charge in [0.1, 0.15) is 0 Å². The number of nitrogens with one attached hydrogen (secondary N) is 2. The molecule has 5 nitrogen and oxygen atoms in total. The van der Waals surface area contributed by atoms with Crippen molar-refractivity contribution in [3.05, 3.63) is 0 Å². The summed E-state index contributed by atoms with van der Waals surface area (Å²) < 4.78 is 0. The van der Waals surface area contributed by atoms with Gasteiger partial charge in [-0.15, -0.1) is 0 Å². The summed E-state index contributed by atoms with van der Waals surface area (Å²) in [5.41, 5.74) is -0.492. The highest BCUT2D eigenvalue weighted by Gasteiger charge is 2.40. The first-order chi connectivity index (χ1) is 6.99. The van der Waals surface area contributed by atoms with Crippen LogP contribution in [0.1, 0.15) is 32.6 Å². The Morgan fingerprint density at radius 2 is 2.07 bits per heavy atom. The van der Waals surface area contributed by atoms with Crippen molar-refractivity contribution in [3.8, 4) is 0 Å². The van der Waals surface area contributed by atoms with Crippen LogP contribution in [0.2, 0.25) is 0 Å². The molecule has 0 saturated heterocycles. The van der Waals surface area contributed by atoms with Crippen molar-refractivity contribution < 1.29 is 14.7 Å². The van der Waals surface area contributed by atoms with Crippen molar-refractivity contribution in [1.82, 2.24) is 10.6 Å². The number of likely N-dealkylation sites (N-methyl/N-ethyl adjacent to an activating group) is 1. The van der Waals surface area contributed by atoms with E-state index in [-0.39, 0.29) is 18.4 Å². The molecule has 5 heteroatoms. The minimum absolute atomic E-state index is 0.0230. The van der Waals surface area contributed by atoms with Crippen LogP contribution in [0.15, 0.2) is 0 Å². The molecule has 1 rings (SSSR count). The molecule has 0 aromatic rings. The van der Waals surface area contributed by atoms with Gasteiger partial charge in [-0.3, -0.25) is 9.59 Å². The first-order valence-corrected chi connectivity index (χ1v) is 5.20. The number of amides is 1. The molecule has 1 saturated carbocycles. The Kier molecular flexibility index (Phi) is 3.68. The second kappa shape index (κ2) is 4.61. The van der Waals surface area contributed by atoms with Gasteiger partial charge >= 0.3 is 5.97 Å². The zero-order valence-corrected chi connectivity index (χ0v) is 9.17. The van der Waals surface area contributed by atoms with Crippen molar-refractivity contribution in [2.75, 3.05) is 7.05 Å². The highest BCUT2D eigenvalue weighted by atomic mass is 16.4. The molecule has 1 fully saturated rings. The van der Waals surface area contributed by atoms with Crippen LogP contribution >= 0.6 is 0 Å². The second-order valence-electron chi connectivity index (χ2n) is 4.20. The maximum Gasteiger partial charge on any atom is 0.305 e. The van der Waals surface area contributed by atoms with Gasteiger partial charge in [0.2, 0.25) is 5.91 Å². The fourth-order valence-corrected chi connectivity index (χ4v) is 1.74. The van der Waals surface area contributed by atoms with Crippen LogP contribution in [-0.4, -0.2) is 35.6 Å². The van der Waals surface area contributed by atoms with E-state index >= 15 is 0 Å². The van der Waals surface area contributed by atoms with E-state index in [0.29, 0.717) is 0 Å². The third-order valence-corrected chi connectivity index (χ3v) is 3.01. The Hall–Kier alpha value is -1.10. The SMILES string of the molecule is CNC(C)C(=O)NC1(CC(=O)O)CCC1. The number of rotatable bonds is 5. The average Bonchev–Trinajstić information content (AvgIpc) is 2.12. The molecule has 0 radical (unpaired) electrons. The summed E-state index contributed by atoms with van der Waals surface area (Å²) in [5, 5.41) is 14.4. The molecule has 0 spiro atoms. The predicted octanol–water partition coefficient (Wildman–Crippen LogP) is 0.108. The number of carbonyl (C=O) groups is 2. The number of carbonyl (C=O) groups excluding carboxylic acids is 1. The lowest BCUT2D eigenvalue weighted by molar-refractivity contribution is -0.140. The molecule has 15 heavy (non-hydrogen) atoms. The zero-order chi connectivity index (χ0) is 11.5.